The molecule has 3 aromatic heterocycles. The minimum atomic E-state index is -1.00. The lowest BCUT2D eigenvalue weighted by Crippen LogP contribution is -2.23. The van der Waals surface area contributed by atoms with Crippen LogP contribution in [0, 0.1) is 12.7 Å². The summed E-state index contributed by atoms with van der Waals surface area (Å²) in [5.41, 5.74) is -2.86. The number of aromatic nitrogens is 6. The van der Waals surface area contributed by atoms with Gasteiger partial charge < -0.3 is 15.0 Å². The maximum Gasteiger partial charge on any atom is 0.325 e. The van der Waals surface area contributed by atoms with Gasteiger partial charge in [0, 0.05) is 30.2 Å². The van der Waals surface area contributed by atoms with Gasteiger partial charge in [0.05, 0.1) is 0 Å². The minimum Gasteiger partial charge on any atom is -0.314 e. The molecule has 13 heteroatoms. The minimum absolute atomic E-state index is 0.334. The maximum atomic E-state index is 12.0. The Hall–Kier alpha value is -4.03. The van der Waals surface area contributed by atoms with Crippen molar-refractivity contribution in [2.75, 3.05) is 0 Å². The van der Waals surface area contributed by atoms with Crippen molar-refractivity contribution in [3.8, 4) is 0 Å². The molecule has 0 spiro atoms. The zero-order chi connectivity index (χ0) is 19.7. The molecule has 0 atom stereocenters. The van der Waals surface area contributed by atoms with Crippen LogP contribution in [0.5, 0.6) is 0 Å². The van der Waals surface area contributed by atoms with Crippen LogP contribution in [0.4, 0.5) is 4.39 Å². The molecule has 0 aliphatic carbocycles. The van der Waals surface area contributed by atoms with Gasteiger partial charge in [0.15, 0.2) is 0 Å². The lowest BCUT2D eigenvalue weighted by atomic mass is 10.4. The summed E-state index contributed by atoms with van der Waals surface area (Å²) in [6.45, 7) is 1.62. The second-order valence-electron chi connectivity index (χ2n) is 4.47. The molecule has 0 saturated heterocycles. The summed E-state index contributed by atoms with van der Waals surface area (Å²) in [6.07, 6.45) is 3.38. The van der Waals surface area contributed by atoms with E-state index in [0.717, 1.165) is 0 Å². The van der Waals surface area contributed by atoms with E-state index in [0.29, 0.717) is 11.8 Å². The van der Waals surface area contributed by atoms with Gasteiger partial charge in [-0.05, 0) is 6.92 Å². The summed E-state index contributed by atoms with van der Waals surface area (Å²) in [5.74, 6) is -0.991. The van der Waals surface area contributed by atoms with Crippen LogP contribution in [-0.4, -0.2) is 29.9 Å². The van der Waals surface area contributed by atoms with Crippen LogP contribution >= 0.6 is 0 Å². The summed E-state index contributed by atoms with van der Waals surface area (Å²) < 4.78 is 12.0. The molecule has 0 fully saturated rings. The molecule has 0 aromatic carbocycles. The highest BCUT2D eigenvalue weighted by atomic mass is 19.1. The van der Waals surface area contributed by atoms with E-state index in [4.69, 9.17) is 0 Å². The lowest BCUT2D eigenvalue weighted by Gasteiger charge is -1.84. The van der Waals surface area contributed by atoms with Crippen LogP contribution in [-0.2, 0) is 0 Å². The van der Waals surface area contributed by atoms with Crippen LogP contribution in [0.25, 0.3) is 0 Å². The van der Waals surface area contributed by atoms with E-state index in [2.05, 4.69) is 15.0 Å². The number of nitrogens with one attached hydrogen (secondary N) is 6. The SMILES string of the molecule is Cc1c[nH]c(=O)[nH]c1=O.O=c1[nH]cc(F)c(=O)[nH]1.O=c1cc[nH]c(=O)[nH]1. The van der Waals surface area contributed by atoms with Crippen molar-refractivity contribution in [3.63, 3.8) is 0 Å². The van der Waals surface area contributed by atoms with Crippen LogP contribution < -0.4 is 33.7 Å². The monoisotopic (exact) mass is 368 g/mol. The maximum absolute atomic E-state index is 12.0. The Bertz CT molecular complexity index is 1110. The predicted molar refractivity (Wildman–Crippen MR) is 87.7 cm³/mol. The first-order valence-electron chi connectivity index (χ1n) is 6.73. The van der Waals surface area contributed by atoms with Crippen molar-refractivity contribution in [3.05, 3.63) is 98.6 Å². The molecule has 0 radical (unpaired) electrons. The molecule has 138 valence electrons. The van der Waals surface area contributed by atoms with Crippen molar-refractivity contribution < 1.29 is 4.39 Å². The number of hydrogen-bond donors (Lipinski definition) is 6. The number of halogens is 1. The predicted octanol–water partition coefficient (Wildman–Crippen LogP) is -2.36. The standard InChI is InChI=1S/C5H6N2O2.C4H3FN2O2.C4H4N2O2/c1-3-2-6-5(9)7-4(3)8;5-2-1-6-4(9)7-3(2)8;7-3-1-2-5-4(8)6-3/h2H,1H3,(H2,6,7,8,9);1H,(H2,6,7,8,9);1-2H,(H2,5,6,7,8). The normalized spacial score (nSPS) is 9.31. The van der Waals surface area contributed by atoms with E-state index in [1.807, 2.05) is 9.97 Å². The van der Waals surface area contributed by atoms with Crippen molar-refractivity contribution in [2.24, 2.45) is 0 Å². The Labute approximate surface area is 140 Å². The second-order valence-corrected chi connectivity index (χ2v) is 4.47. The van der Waals surface area contributed by atoms with Crippen LogP contribution in [0.2, 0.25) is 0 Å². The van der Waals surface area contributed by atoms with E-state index < -0.39 is 28.4 Å². The van der Waals surface area contributed by atoms with Gasteiger partial charge in [-0.25, -0.2) is 14.4 Å². The number of H-pyrrole nitrogens is 6. The summed E-state index contributed by atoms with van der Waals surface area (Å²) in [4.78, 5) is 74.0. The van der Waals surface area contributed by atoms with Crippen molar-refractivity contribution in [1.29, 1.82) is 0 Å². The third kappa shape index (κ3) is 7.03. The third-order valence-electron chi connectivity index (χ3n) is 2.46. The first-order valence-corrected chi connectivity index (χ1v) is 6.73. The zero-order valence-electron chi connectivity index (χ0n) is 13.1. The molecule has 0 amide bonds. The van der Waals surface area contributed by atoms with E-state index in [9.17, 15) is 33.2 Å². The first kappa shape index (κ1) is 20.0. The largest absolute Gasteiger partial charge is 0.325 e. The van der Waals surface area contributed by atoms with E-state index in [1.54, 1.807) is 11.9 Å². The molecule has 26 heavy (non-hydrogen) atoms. The average Bonchev–Trinajstić information content (AvgIpc) is 2.56. The molecule has 12 nitrogen and oxygen atoms in total. The molecule has 0 unspecified atom stereocenters. The molecule has 0 aliphatic heterocycles. The Morgan fingerprint density at radius 3 is 1.65 bits per heavy atom. The van der Waals surface area contributed by atoms with Gasteiger partial charge in [0.25, 0.3) is 16.7 Å². The van der Waals surface area contributed by atoms with E-state index >= 15 is 0 Å². The molecule has 0 aliphatic rings. The number of aryl methyl sites for hydroxylation is 1. The molecule has 0 bridgehead atoms. The molecule has 3 rings (SSSR count). The first-order chi connectivity index (χ1) is 12.2. The second kappa shape index (κ2) is 9.31. The highest BCUT2D eigenvalue weighted by Gasteiger charge is 1.93. The molecule has 3 heterocycles. The summed E-state index contributed by atoms with van der Waals surface area (Å²) >= 11 is 0. The fourth-order valence-electron chi connectivity index (χ4n) is 1.25. The quantitative estimate of drug-likeness (QED) is 0.256. The summed E-state index contributed by atoms with van der Waals surface area (Å²) in [5, 5.41) is 0. The fraction of sp³-hybridized carbons (Fsp3) is 0.0769. The van der Waals surface area contributed by atoms with Crippen LogP contribution in [0.1, 0.15) is 5.56 Å². The number of aromatic amines is 6. The molecular weight excluding hydrogens is 355 g/mol. The number of hydrogen-bond acceptors (Lipinski definition) is 6. The zero-order valence-corrected chi connectivity index (χ0v) is 13.1. The van der Waals surface area contributed by atoms with Gasteiger partial charge in [-0.1, -0.05) is 0 Å². The van der Waals surface area contributed by atoms with Crippen molar-refractivity contribution >= 4 is 0 Å². The van der Waals surface area contributed by atoms with Gasteiger partial charge in [0.1, 0.15) is 0 Å². The van der Waals surface area contributed by atoms with Crippen LogP contribution in [0.3, 0.4) is 0 Å². The van der Waals surface area contributed by atoms with Gasteiger partial charge in [0.2, 0.25) is 5.82 Å². The topological polar surface area (TPSA) is 197 Å². The molecular formula is C13H13FN6O6. The van der Waals surface area contributed by atoms with Gasteiger partial charge >= 0.3 is 17.1 Å². The molecule has 0 saturated carbocycles. The lowest BCUT2D eigenvalue weighted by molar-refractivity contribution is 0.597. The Morgan fingerprint density at radius 1 is 0.731 bits per heavy atom. The highest BCUT2D eigenvalue weighted by Crippen LogP contribution is 1.74. The van der Waals surface area contributed by atoms with Gasteiger partial charge in [-0.3, -0.25) is 29.3 Å². The molecule has 6 N–H and O–H groups in total. The average molecular weight is 368 g/mol. The fourth-order valence-corrected chi connectivity index (χ4v) is 1.25. The van der Waals surface area contributed by atoms with Gasteiger partial charge in [-0.2, -0.15) is 4.39 Å². The smallest absolute Gasteiger partial charge is 0.314 e. The Morgan fingerprint density at radius 2 is 1.27 bits per heavy atom. The number of rotatable bonds is 0. The van der Waals surface area contributed by atoms with E-state index in [-0.39, 0.29) is 11.1 Å². The summed E-state index contributed by atoms with van der Waals surface area (Å²) in [6, 6.07) is 1.24. The Kier molecular flexibility index (Phi) is 7.17. The van der Waals surface area contributed by atoms with Crippen LogP contribution in [0.15, 0.2) is 53.4 Å². The Balaban J connectivity index is 0.000000195. The molecule has 3 aromatic rings. The summed E-state index contributed by atoms with van der Waals surface area (Å²) in [7, 11) is 0. The van der Waals surface area contributed by atoms with Gasteiger partial charge in [-0.15, -0.1) is 0 Å². The van der Waals surface area contributed by atoms with Crippen molar-refractivity contribution in [2.45, 2.75) is 6.92 Å². The highest BCUT2D eigenvalue weighted by molar-refractivity contribution is 4.98. The third-order valence-corrected chi connectivity index (χ3v) is 2.46. The van der Waals surface area contributed by atoms with Crippen molar-refractivity contribution in [1.82, 2.24) is 29.9 Å². The van der Waals surface area contributed by atoms with E-state index in [1.165, 1.54) is 18.5 Å².